The van der Waals surface area contributed by atoms with Crippen LogP contribution in [0.4, 0.5) is 0 Å². The average Bonchev–Trinajstić information content (AvgIpc) is 2.39. The molecule has 2 aromatic rings. The van der Waals surface area contributed by atoms with Crippen LogP contribution in [0.25, 0.3) is 0 Å². The summed E-state index contributed by atoms with van der Waals surface area (Å²) in [5.41, 5.74) is 0. The minimum absolute atomic E-state index is 0.771. The molecule has 94 valence electrons. The van der Waals surface area contributed by atoms with Crippen LogP contribution >= 0.6 is 64.4 Å². The predicted octanol–water partition coefficient (Wildman–Crippen LogP) is 7.09. The fourth-order valence-corrected chi connectivity index (χ4v) is 6.76. The van der Waals surface area contributed by atoms with E-state index in [4.69, 9.17) is 23.2 Å². The molecule has 18 heavy (non-hydrogen) atoms. The van der Waals surface area contributed by atoms with E-state index < -0.39 is 0 Å². The van der Waals surface area contributed by atoms with Gasteiger partial charge in [-0.15, -0.1) is 0 Å². The predicted molar refractivity (Wildman–Crippen MR) is 89.8 cm³/mol. The number of halogens is 2. The van der Waals surface area contributed by atoms with Crippen molar-refractivity contribution in [1.29, 1.82) is 0 Å². The molecule has 2 aromatic carbocycles. The molecule has 0 nitrogen and oxygen atoms in total. The van der Waals surface area contributed by atoms with E-state index in [1.165, 1.54) is 9.79 Å². The van der Waals surface area contributed by atoms with E-state index in [9.17, 15) is 0 Å². The Bertz CT molecular complexity index is 437. The van der Waals surface area contributed by atoms with Gasteiger partial charge in [-0.1, -0.05) is 23.2 Å². The molecule has 0 aromatic heterocycles. The van der Waals surface area contributed by atoms with Crippen LogP contribution in [-0.2, 0) is 0 Å². The summed E-state index contributed by atoms with van der Waals surface area (Å²) in [5, 5.41) is 1.54. The Morgan fingerprint density at radius 2 is 0.889 bits per heavy atom. The van der Waals surface area contributed by atoms with E-state index in [-0.39, 0.29) is 0 Å². The molecular formula is C12H8Cl2S4. The minimum atomic E-state index is 0.771. The van der Waals surface area contributed by atoms with E-state index in [0.717, 1.165) is 10.0 Å². The van der Waals surface area contributed by atoms with E-state index >= 15 is 0 Å². The lowest BCUT2D eigenvalue weighted by Gasteiger charge is -2.01. The van der Waals surface area contributed by atoms with Crippen LogP contribution < -0.4 is 0 Å². The molecule has 6 heteroatoms. The van der Waals surface area contributed by atoms with Gasteiger partial charge < -0.3 is 0 Å². The SMILES string of the molecule is Clc1ccc(SSSSc2ccc(Cl)cc2)cc1. The first-order chi connectivity index (χ1) is 8.74. The molecule has 0 radical (unpaired) electrons. The summed E-state index contributed by atoms with van der Waals surface area (Å²) in [6.45, 7) is 0. The number of hydrogen-bond acceptors (Lipinski definition) is 4. The second-order valence-electron chi connectivity index (χ2n) is 3.21. The topological polar surface area (TPSA) is 0 Å². The number of benzene rings is 2. The number of hydrogen-bond donors (Lipinski definition) is 0. The highest BCUT2D eigenvalue weighted by Crippen LogP contribution is 2.49. The molecule has 0 unspecified atom stereocenters. The van der Waals surface area contributed by atoms with Crippen LogP contribution in [0.1, 0.15) is 0 Å². The molecule has 0 atom stereocenters. The zero-order chi connectivity index (χ0) is 12.8. The smallest absolute Gasteiger partial charge is 0.0406 e. The molecule has 2 rings (SSSR count). The molecule has 0 aliphatic rings. The van der Waals surface area contributed by atoms with Crippen molar-refractivity contribution in [3.05, 3.63) is 58.6 Å². The van der Waals surface area contributed by atoms with Gasteiger partial charge in [-0.25, -0.2) is 0 Å². The summed E-state index contributed by atoms with van der Waals surface area (Å²) >= 11 is 11.7. The Morgan fingerprint density at radius 3 is 1.22 bits per heavy atom. The maximum atomic E-state index is 5.83. The normalized spacial score (nSPS) is 10.6. The van der Waals surface area contributed by atoms with Gasteiger partial charge in [0.15, 0.2) is 0 Å². The van der Waals surface area contributed by atoms with Crippen LogP contribution in [0.5, 0.6) is 0 Å². The van der Waals surface area contributed by atoms with E-state index in [1.807, 2.05) is 48.5 Å². The summed E-state index contributed by atoms with van der Waals surface area (Å²) in [6, 6.07) is 15.7. The zero-order valence-electron chi connectivity index (χ0n) is 9.01. The van der Waals surface area contributed by atoms with Crippen molar-refractivity contribution in [1.82, 2.24) is 0 Å². The summed E-state index contributed by atoms with van der Waals surface area (Å²) in [7, 11) is 6.91. The highest BCUT2D eigenvalue weighted by atomic mass is 35.5. The van der Waals surface area contributed by atoms with Crippen LogP contribution in [0.2, 0.25) is 10.0 Å². The molecule has 0 saturated carbocycles. The molecule has 0 bridgehead atoms. The third-order valence-corrected chi connectivity index (χ3v) is 8.49. The minimum Gasteiger partial charge on any atom is -0.0843 e. The summed E-state index contributed by atoms with van der Waals surface area (Å²) in [6.07, 6.45) is 0. The lowest BCUT2D eigenvalue weighted by atomic mass is 10.4. The van der Waals surface area contributed by atoms with Crippen molar-refractivity contribution >= 4 is 64.4 Å². The van der Waals surface area contributed by atoms with Crippen molar-refractivity contribution < 1.29 is 0 Å². The maximum Gasteiger partial charge on any atom is 0.0406 e. The zero-order valence-corrected chi connectivity index (χ0v) is 13.8. The lowest BCUT2D eigenvalue weighted by Crippen LogP contribution is -1.66. The second-order valence-corrected chi connectivity index (χ2v) is 9.90. The molecular weight excluding hydrogens is 343 g/mol. The van der Waals surface area contributed by atoms with Gasteiger partial charge in [0.1, 0.15) is 0 Å². The molecule has 0 amide bonds. The largest absolute Gasteiger partial charge is 0.0843 e. The van der Waals surface area contributed by atoms with Crippen molar-refractivity contribution in [3.63, 3.8) is 0 Å². The Balaban J connectivity index is 1.73. The molecule has 0 aliphatic heterocycles. The van der Waals surface area contributed by atoms with Crippen LogP contribution in [0, 0.1) is 0 Å². The number of rotatable bonds is 5. The first-order valence-corrected chi connectivity index (χ1v) is 10.5. The van der Waals surface area contributed by atoms with Gasteiger partial charge >= 0.3 is 0 Å². The highest BCUT2D eigenvalue weighted by Gasteiger charge is 1.98. The quantitative estimate of drug-likeness (QED) is 0.416. The fraction of sp³-hybridized carbons (Fsp3) is 0. The van der Waals surface area contributed by atoms with Gasteiger partial charge in [-0.3, -0.25) is 0 Å². The molecule has 0 fully saturated rings. The Labute approximate surface area is 132 Å². The van der Waals surface area contributed by atoms with Gasteiger partial charge in [0.25, 0.3) is 0 Å². The van der Waals surface area contributed by atoms with Crippen LogP contribution in [-0.4, -0.2) is 0 Å². The highest BCUT2D eigenvalue weighted by molar-refractivity contribution is 9.26. The van der Waals surface area contributed by atoms with Crippen molar-refractivity contribution in [2.24, 2.45) is 0 Å². The molecule has 0 N–H and O–H groups in total. The Morgan fingerprint density at radius 1 is 0.556 bits per heavy atom. The maximum absolute atomic E-state index is 5.83. The van der Waals surface area contributed by atoms with Crippen LogP contribution in [0.15, 0.2) is 58.3 Å². The first kappa shape index (κ1) is 14.8. The second kappa shape index (κ2) is 7.88. The summed E-state index contributed by atoms with van der Waals surface area (Å²) in [4.78, 5) is 2.40. The Hall–Kier alpha value is 0.420. The van der Waals surface area contributed by atoms with E-state index in [0.29, 0.717) is 0 Å². The van der Waals surface area contributed by atoms with Crippen molar-refractivity contribution in [3.8, 4) is 0 Å². The fourth-order valence-electron chi connectivity index (χ4n) is 1.09. The summed E-state index contributed by atoms with van der Waals surface area (Å²) in [5.74, 6) is 0. The lowest BCUT2D eigenvalue weighted by molar-refractivity contribution is 1.48. The molecule has 0 heterocycles. The molecule has 0 aliphatic carbocycles. The van der Waals surface area contributed by atoms with E-state index in [1.54, 1.807) is 41.2 Å². The van der Waals surface area contributed by atoms with Gasteiger partial charge in [0, 0.05) is 19.8 Å². The van der Waals surface area contributed by atoms with E-state index in [2.05, 4.69) is 0 Å². The van der Waals surface area contributed by atoms with Crippen molar-refractivity contribution in [2.75, 3.05) is 0 Å². The summed E-state index contributed by atoms with van der Waals surface area (Å²) < 4.78 is 0. The first-order valence-electron chi connectivity index (χ1n) is 4.93. The Kier molecular flexibility index (Phi) is 6.49. The average molecular weight is 351 g/mol. The van der Waals surface area contributed by atoms with Gasteiger partial charge in [0.2, 0.25) is 0 Å². The van der Waals surface area contributed by atoms with Crippen molar-refractivity contribution in [2.45, 2.75) is 9.79 Å². The van der Waals surface area contributed by atoms with Gasteiger partial charge in [-0.2, -0.15) is 0 Å². The molecule has 0 spiro atoms. The monoisotopic (exact) mass is 350 g/mol. The van der Waals surface area contributed by atoms with Crippen LogP contribution in [0.3, 0.4) is 0 Å². The molecule has 0 saturated heterocycles. The van der Waals surface area contributed by atoms with Gasteiger partial charge in [-0.05, 0) is 89.8 Å². The third-order valence-electron chi connectivity index (χ3n) is 1.92. The standard InChI is InChI=1S/C12H8Cl2S4/c13-9-1-5-11(6-2-9)15-17-18-16-12-7-3-10(14)4-8-12/h1-8H. The van der Waals surface area contributed by atoms with Gasteiger partial charge in [0.05, 0.1) is 0 Å². The third kappa shape index (κ3) is 5.19.